The van der Waals surface area contributed by atoms with E-state index in [1.807, 2.05) is 24.3 Å². The van der Waals surface area contributed by atoms with E-state index in [-0.39, 0.29) is 0 Å². The number of ether oxygens (including phenoxy) is 2. The van der Waals surface area contributed by atoms with Crippen molar-refractivity contribution in [2.75, 3.05) is 11.4 Å². The van der Waals surface area contributed by atoms with E-state index in [2.05, 4.69) is 0 Å². The highest BCUT2D eigenvalue weighted by Gasteiger charge is 2.34. The molecule has 2 atom stereocenters. The Morgan fingerprint density at radius 3 is 2.71 bits per heavy atom. The first-order valence-corrected chi connectivity index (χ1v) is 8.04. The van der Waals surface area contributed by atoms with Gasteiger partial charge in [-0.1, -0.05) is 23.7 Å². The van der Waals surface area contributed by atoms with Crippen LogP contribution >= 0.6 is 11.6 Å². The van der Waals surface area contributed by atoms with E-state index in [4.69, 9.17) is 21.1 Å². The second-order valence-electron chi connectivity index (χ2n) is 5.69. The van der Waals surface area contributed by atoms with Crippen LogP contribution in [0.4, 0.5) is 10.5 Å². The van der Waals surface area contributed by atoms with Gasteiger partial charge in [-0.15, -0.1) is 0 Å². The molecule has 1 N–H and O–H groups in total. The Bertz CT molecular complexity index is 717. The number of aliphatic hydroxyl groups is 1. The highest BCUT2D eigenvalue weighted by atomic mass is 35.5. The molecule has 1 amide bonds. The van der Waals surface area contributed by atoms with Gasteiger partial charge in [-0.05, 0) is 48.9 Å². The molecule has 2 aromatic rings. The predicted octanol–water partition coefficient (Wildman–Crippen LogP) is 3.63. The summed E-state index contributed by atoms with van der Waals surface area (Å²) in [5, 5.41) is 10.2. The van der Waals surface area contributed by atoms with Gasteiger partial charge in [-0.3, -0.25) is 4.90 Å². The molecule has 1 aliphatic rings. The molecule has 0 radical (unpaired) electrons. The molecule has 0 bridgehead atoms. The third-order valence-corrected chi connectivity index (χ3v) is 4.05. The van der Waals surface area contributed by atoms with Crippen LogP contribution < -0.4 is 9.64 Å². The summed E-state index contributed by atoms with van der Waals surface area (Å²) in [6.45, 7) is 2.35. The van der Waals surface area contributed by atoms with Gasteiger partial charge >= 0.3 is 6.09 Å². The smallest absolute Gasteiger partial charge is 0.414 e. The Balaban J connectivity index is 1.62. The van der Waals surface area contributed by atoms with Crippen molar-refractivity contribution in [2.45, 2.75) is 25.7 Å². The standard InChI is InChI=1S/C18H18ClNO4/c1-12(21)17-10-20(18(22)24-17)15-5-7-16(8-6-15)23-11-13-3-2-4-14(19)9-13/h2-9,12,17,21H,10-11H2,1H3. The van der Waals surface area contributed by atoms with Gasteiger partial charge in [0.15, 0.2) is 0 Å². The van der Waals surface area contributed by atoms with Gasteiger partial charge in [0.2, 0.25) is 0 Å². The van der Waals surface area contributed by atoms with Crippen molar-refractivity contribution in [3.63, 3.8) is 0 Å². The van der Waals surface area contributed by atoms with Crippen LogP contribution in [0.3, 0.4) is 0 Å². The molecule has 0 spiro atoms. The zero-order chi connectivity index (χ0) is 17.1. The second-order valence-corrected chi connectivity index (χ2v) is 6.12. The first-order valence-electron chi connectivity index (χ1n) is 7.66. The number of aliphatic hydroxyl groups excluding tert-OH is 1. The summed E-state index contributed by atoms with van der Waals surface area (Å²) in [7, 11) is 0. The van der Waals surface area contributed by atoms with Crippen molar-refractivity contribution in [3.8, 4) is 5.75 Å². The van der Waals surface area contributed by atoms with E-state index < -0.39 is 18.3 Å². The fourth-order valence-corrected chi connectivity index (χ4v) is 2.68. The monoisotopic (exact) mass is 347 g/mol. The topological polar surface area (TPSA) is 59.0 Å². The normalized spacial score (nSPS) is 18.4. The number of benzene rings is 2. The van der Waals surface area contributed by atoms with Crippen LogP contribution in [0.25, 0.3) is 0 Å². The van der Waals surface area contributed by atoms with E-state index in [0.717, 1.165) is 5.56 Å². The van der Waals surface area contributed by atoms with E-state index in [1.165, 1.54) is 4.90 Å². The van der Waals surface area contributed by atoms with Gasteiger partial charge in [-0.2, -0.15) is 0 Å². The third kappa shape index (κ3) is 3.80. The van der Waals surface area contributed by atoms with Crippen LogP contribution in [0.1, 0.15) is 12.5 Å². The van der Waals surface area contributed by atoms with E-state index in [9.17, 15) is 9.90 Å². The van der Waals surface area contributed by atoms with Crippen molar-refractivity contribution in [1.29, 1.82) is 0 Å². The largest absolute Gasteiger partial charge is 0.489 e. The first kappa shape index (κ1) is 16.6. The third-order valence-electron chi connectivity index (χ3n) is 3.82. The average molecular weight is 348 g/mol. The molecule has 1 aliphatic heterocycles. The number of hydrogen-bond donors (Lipinski definition) is 1. The zero-order valence-electron chi connectivity index (χ0n) is 13.2. The van der Waals surface area contributed by atoms with Gasteiger partial charge in [-0.25, -0.2) is 4.79 Å². The van der Waals surface area contributed by atoms with Crippen molar-refractivity contribution in [1.82, 2.24) is 0 Å². The predicted molar refractivity (Wildman–Crippen MR) is 91.5 cm³/mol. The molecular formula is C18H18ClNO4. The minimum Gasteiger partial charge on any atom is -0.489 e. The summed E-state index contributed by atoms with van der Waals surface area (Å²) in [6, 6.07) is 14.7. The highest BCUT2D eigenvalue weighted by Crippen LogP contribution is 2.25. The van der Waals surface area contributed by atoms with E-state index in [0.29, 0.717) is 29.6 Å². The molecular weight excluding hydrogens is 330 g/mol. The van der Waals surface area contributed by atoms with Crippen molar-refractivity contribution in [3.05, 3.63) is 59.1 Å². The Hall–Kier alpha value is -2.24. The Labute approximate surface area is 145 Å². The number of carbonyl (C=O) groups is 1. The van der Waals surface area contributed by atoms with Crippen LogP contribution in [0.2, 0.25) is 5.02 Å². The molecule has 1 saturated heterocycles. The second kappa shape index (κ2) is 7.11. The number of hydrogen-bond acceptors (Lipinski definition) is 4. The average Bonchev–Trinajstić information content (AvgIpc) is 2.96. The van der Waals surface area contributed by atoms with E-state index in [1.54, 1.807) is 31.2 Å². The van der Waals surface area contributed by atoms with Crippen molar-refractivity contribution >= 4 is 23.4 Å². The number of cyclic esters (lactones) is 1. The lowest BCUT2D eigenvalue weighted by atomic mass is 10.2. The molecule has 5 nitrogen and oxygen atoms in total. The Morgan fingerprint density at radius 1 is 1.33 bits per heavy atom. The highest BCUT2D eigenvalue weighted by molar-refractivity contribution is 6.30. The summed E-state index contributed by atoms with van der Waals surface area (Å²) < 4.78 is 10.8. The van der Waals surface area contributed by atoms with Crippen LogP contribution in [0, 0.1) is 0 Å². The maximum absolute atomic E-state index is 11.9. The summed E-state index contributed by atoms with van der Waals surface area (Å²) in [5.74, 6) is 0.693. The molecule has 2 aromatic carbocycles. The number of anilines is 1. The molecule has 2 unspecified atom stereocenters. The van der Waals surface area contributed by atoms with Crippen LogP contribution in [0.5, 0.6) is 5.75 Å². The molecule has 0 aromatic heterocycles. The molecule has 6 heteroatoms. The molecule has 24 heavy (non-hydrogen) atoms. The van der Waals surface area contributed by atoms with Gasteiger partial charge in [0.25, 0.3) is 0 Å². The quantitative estimate of drug-likeness (QED) is 0.897. The lowest BCUT2D eigenvalue weighted by Gasteiger charge is -2.14. The number of amides is 1. The van der Waals surface area contributed by atoms with Crippen molar-refractivity contribution in [2.24, 2.45) is 0 Å². The van der Waals surface area contributed by atoms with Crippen LogP contribution in [-0.2, 0) is 11.3 Å². The Kier molecular flexibility index (Phi) is 4.92. The van der Waals surface area contributed by atoms with Gasteiger partial charge in [0.05, 0.1) is 12.6 Å². The molecule has 1 heterocycles. The number of rotatable bonds is 5. The first-order chi connectivity index (χ1) is 11.5. The summed E-state index contributed by atoms with van der Waals surface area (Å²) in [5.41, 5.74) is 1.69. The summed E-state index contributed by atoms with van der Waals surface area (Å²) in [4.78, 5) is 13.4. The van der Waals surface area contributed by atoms with Gasteiger partial charge in [0.1, 0.15) is 18.5 Å². The zero-order valence-corrected chi connectivity index (χ0v) is 13.9. The van der Waals surface area contributed by atoms with Crippen LogP contribution in [-0.4, -0.2) is 30.0 Å². The fourth-order valence-electron chi connectivity index (χ4n) is 2.46. The number of carbonyl (C=O) groups excluding carboxylic acids is 1. The number of nitrogens with zero attached hydrogens (tertiary/aromatic N) is 1. The SMILES string of the molecule is CC(O)C1CN(c2ccc(OCc3cccc(Cl)c3)cc2)C(=O)O1. The van der Waals surface area contributed by atoms with Crippen molar-refractivity contribution < 1.29 is 19.4 Å². The van der Waals surface area contributed by atoms with E-state index >= 15 is 0 Å². The van der Waals surface area contributed by atoms with Crippen LogP contribution in [0.15, 0.2) is 48.5 Å². The fraction of sp³-hybridized carbons (Fsp3) is 0.278. The summed E-state index contributed by atoms with van der Waals surface area (Å²) in [6.07, 6.45) is -1.65. The maximum atomic E-state index is 11.9. The molecule has 126 valence electrons. The molecule has 1 fully saturated rings. The molecule has 3 rings (SSSR count). The van der Waals surface area contributed by atoms with Gasteiger partial charge in [0, 0.05) is 10.7 Å². The molecule has 0 aliphatic carbocycles. The minimum atomic E-state index is -0.695. The Morgan fingerprint density at radius 2 is 2.08 bits per heavy atom. The number of halogens is 1. The minimum absolute atomic E-state index is 0.333. The van der Waals surface area contributed by atoms with Gasteiger partial charge < -0.3 is 14.6 Å². The lowest BCUT2D eigenvalue weighted by Crippen LogP contribution is -2.29. The summed E-state index contributed by atoms with van der Waals surface area (Å²) >= 11 is 5.95. The lowest BCUT2D eigenvalue weighted by molar-refractivity contribution is 0.0437. The maximum Gasteiger partial charge on any atom is 0.414 e. The molecule has 0 saturated carbocycles.